The molecule has 0 spiro atoms. The van der Waals surface area contributed by atoms with Crippen LogP contribution in [0.1, 0.15) is 11.3 Å². The molecule has 17 heavy (non-hydrogen) atoms. The van der Waals surface area contributed by atoms with Crippen LogP contribution < -0.4 is 5.46 Å². The number of nitrogens with zero attached hydrogens (tertiary/aromatic N) is 2. The number of aryl methyl sites for hydroxylation is 1. The molecule has 1 aromatic heterocycles. The van der Waals surface area contributed by atoms with Crippen molar-refractivity contribution in [2.75, 3.05) is 0 Å². The molecule has 0 aliphatic heterocycles. The van der Waals surface area contributed by atoms with Crippen LogP contribution in [0, 0.1) is 12.7 Å². The second kappa shape index (κ2) is 4.69. The number of benzene rings is 1. The first-order valence-corrected chi connectivity index (χ1v) is 5.21. The first-order valence-electron chi connectivity index (χ1n) is 5.21. The van der Waals surface area contributed by atoms with E-state index in [-0.39, 0.29) is 5.46 Å². The van der Waals surface area contributed by atoms with E-state index >= 15 is 0 Å². The minimum atomic E-state index is -1.80. The standard InChI is InChI=1S/C11H12BFN2O2/c1-8-4-5-15(14-8)7-9-2-3-11(13)10(6-9)12(16)17/h2-6,16-17H,7H2,1H3. The Morgan fingerprint density at radius 3 is 2.71 bits per heavy atom. The third-order valence-electron chi connectivity index (χ3n) is 2.46. The van der Waals surface area contributed by atoms with Crippen LogP contribution >= 0.6 is 0 Å². The number of hydrogen-bond donors (Lipinski definition) is 2. The summed E-state index contributed by atoms with van der Waals surface area (Å²) in [5, 5.41) is 22.2. The molecule has 0 radical (unpaired) electrons. The van der Waals surface area contributed by atoms with Gasteiger partial charge in [0, 0.05) is 11.7 Å². The average molecular weight is 234 g/mol. The molecule has 1 aromatic carbocycles. The SMILES string of the molecule is Cc1ccn(Cc2ccc(F)c(B(O)O)c2)n1. The molecule has 1 heterocycles. The summed E-state index contributed by atoms with van der Waals surface area (Å²) in [6, 6.07) is 6.11. The second-order valence-corrected chi connectivity index (χ2v) is 3.88. The van der Waals surface area contributed by atoms with Gasteiger partial charge in [0.25, 0.3) is 0 Å². The molecule has 0 unspecified atom stereocenters. The first kappa shape index (κ1) is 11.8. The minimum absolute atomic E-state index is 0.119. The lowest BCUT2D eigenvalue weighted by atomic mass is 9.79. The zero-order chi connectivity index (χ0) is 12.4. The van der Waals surface area contributed by atoms with Gasteiger partial charge in [0.1, 0.15) is 5.82 Å². The Labute approximate surface area is 98.5 Å². The van der Waals surface area contributed by atoms with Gasteiger partial charge in [-0.25, -0.2) is 4.39 Å². The summed E-state index contributed by atoms with van der Waals surface area (Å²) in [5.74, 6) is -0.625. The molecule has 6 heteroatoms. The molecule has 2 aromatic rings. The molecule has 2 rings (SSSR count). The molecule has 0 bridgehead atoms. The predicted molar refractivity (Wildman–Crippen MR) is 62.3 cm³/mol. The van der Waals surface area contributed by atoms with Crippen LogP contribution in [-0.4, -0.2) is 26.9 Å². The number of rotatable bonds is 3. The van der Waals surface area contributed by atoms with Crippen LogP contribution in [0.4, 0.5) is 4.39 Å². The molecule has 0 amide bonds. The van der Waals surface area contributed by atoms with E-state index in [2.05, 4.69) is 5.10 Å². The van der Waals surface area contributed by atoms with E-state index in [1.807, 2.05) is 19.2 Å². The van der Waals surface area contributed by atoms with E-state index in [1.54, 1.807) is 10.7 Å². The fourth-order valence-electron chi connectivity index (χ4n) is 1.63. The van der Waals surface area contributed by atoms with Gasteiger partial charge in [0.15, 0.2) is 0 Å². The normalized spacial score (nSPS) is 10.6. The van der Waals surface area contributed by atoms with Crippen molar-refractivity contribution in [2.45, 2.75) is 13.5 Å². The molecule has 88 valence electrons. The molecule has 0 atom stereocenters. The van der Waals surface area contributed by atoms with Crippen molar-refractivity contribution in [3.8, 4) is 0 Å². The maximum absolute atomic E-state index is 13.2. The summed E-state index contributed by atoms with van der Waals surface area (Å²) < 4.78 is 14.9. The molecule has 2 N–H and O–H groups in total. The van der Waals surface area contributed by atoms with Crippen LogP contribution in [0.15, 0.2) is 30.5 Å². The van der Waals surface area contributed by atoms with Crippen LogP contribution in [0.3, 0.4) is 0 Å². The summed E-state index contributed by atoms with van der Waals surface area (Å²) in [7, 11) is -1.80. The second-order valence-electron chi connectivity index (χ2n) is 3.88. The van der Waals surface area contributed by atoms with Crippen LogP contribution in [0.2, 0.25) is 0 Å². The maximum atomic E-state index is 13.2. The fraction of sp³-hybridized carbons (Fsp3) is 0.182. The van der Waals surface area contributed by atoms with E-state index in [9.17, 15) is 4.39 Å². The van der Waals surface area contributed by atoms with Gasteiger partial charge in [-0.3, -0.25) is 4.68 Å². The monoisotopic (exact) mass is 234 g/mol. The van der Waals surface area contributed by atoms with Crippen molar-refractivity contribution in [3.05, 3.63) is 47.5 Å². The summed E-state index contributed by atoms with van der Waals surface area (Å²) in [5.41, 5.74) is 1.54. The van der Waals surface area contributed by atoms with Gasteiger partial charge in [-0.2, -0.15) is 5.10 Å². The molecule has 0 fully saturated rings. The topological polar surface area (TPSA) is 58.3 Å². The van der Waals surface area contributed by atoms with E-state index < -0.39 is 12.9 Å². The molecular weight excluding hydrogens is 222 g/mol. The zero-order valence-corrected chi connectivity index (χ0v) is 9.34. The van der Waals surface area contributed by atoms with Crippen molar-refractivity contribution in [3.63, 3.8) is 0 Å². The highest BCUT2D eigenvalue weighted by molar-refractivity contribution is 6.58. The average Bonchev–Trinajstić information content (AvgIpc) is 2.66. The van der Waals surface area contributed by atoms with Gasteiger partial charge in [0.05, 0.1) is 12.2 Å². The van der Waals surface area contributed by atoms with Gasteiger partial charge >= 0.3 is 7.12 Å². The van der Waals surface area contributed by atoms with Gasteiger partial charge in [-0.1, -0.05) is 12.1 Å². The predicted octanol–water partition coefficient (Wildman–Crippen LogP) is 0.0587. The maximum Gasteiger partial charge on any atom is 0.491 e. The smallest absolute Gasteiger partial charge is 0.423 e. The van der Waals surface area contributed by atoms with Crippen LogP contribution in [0.25, 0.3) is 0 Å². The van der Waals surface area contributed by atoms with Gasteiger partial charge in [-0.05, 0) is 24.6 Å². The van der Waals surface area contributed by atoms with E-state index in [0.29, 0.717) is 6.54 Å². The van der Waals surface area contributed by atoms with E-state index in [1.165, 1.54) is 12.1 Å². The third kappa shape index (κ3) is 2.72. The molecule has 0 saturated carbocycles. The largest absolute Gasteiger partial charge is 0.491 e. The quantitative estimate of drug-likeness (QED) is 0.738. The van der Waals surface area contributed by atoms with E-state index in [4.69, 9.17) is 10.0 Å². The van der Waals surface area contributed by atoms with Crippen molar-refractivity contribution < 1.29 is 14.4 Å². The van der Waals surface area contributed by atoms with Gasteiger partial charge in [0.2, 0.25) is 0 Å². The Balaban J connectivity index is 2.25. The Kier molecular flexibility index (Phi) is 3.26. The highest BCUT2D eigenvalue weighted by atomic mass is 19.1. The molecule has 0 aliphatic rings. The lowest BCUT2D eigenvalue weighted by Gasteiger charge is -2.06. The van der Waals surface area contributed by atoms with E-state index in [0.717, 1.165) is 11.3 Å². The number of hydrogen-bond acceptors (Lipinski definition) is 3. The molecule has 0 saturated heterocycles. The fourth-order valence-corrected chi connectivity index (χ4v) is 1.63. The lowest BCUT2D eigenvalue weighted by Crippen LogP contribution is -2.33. The number of halogens is 1. The van der Waals surface area contributed by atoms with Gasteiger partial charge < -0.3 is 10.0 Å². The van der Waals surface area contributed by atoms with Crippen molar-refractivity contribution in [1.82, 2.24) is 9.78 Å². The third-order valence-corrected chi connectivity index (χ3v) is 2.46. The first-order chi connectivity index (χ1) is 8.06. The van der Waals surface area contributed by atoms with Crippen molar-refractivity contribution >= 4 is 12.6 Å². The Bertz CT molecular complexity index is 528. The number of aromatic nitrogens is 2. The highest BCUT2D eigenvalue weighted by Gasteiger charge is 2.16. The molecule has 0 aliphatic carbocycles. The summed E-state index contributed by atoms with van der Waals surface area (Å²) in [6.07, 6.45) is 1.81. The van der Waals surface area contributed by atoms with Gasteiger partial charge in [-0.15, -0.1) is 0 Å². The summed E-state index contributed by atoms with van der Waals surface area (Å²) in [4.78, 5) is 0. The van der Waals surface area contributed by atoms with Crippen molar-refractivity contribution in [2.24, 2.45) is 0 Å². The Morgan fingerprint density at radius 1 is 1.35 bits per heavy atom. The lowest BCUT2D eigenvalue weighted by molar-refractivity contribution is 0.423. The van der Waals surface area contributed by atoms with Crippen LogP contribution in [0.5, 0.6) is 0 Å². The minimum Gasteiger partial charge on any atom is -0.423 e. The summed E-state index contributed by atoms with van der Waals surface area (Å²) >= 11 is 0. The Morgan fingerprint density at radius 2 is 2.12 bits per heavy atom. The highest BCUT2D eigenvalue weighted by Crippen LogP contribution is 2.04. The molecular formula is C11H12BFN2O2. The summed E-state index contributed by atoms with van der Waals surface area (Å²) in [6.45, 7) is 2.35. The zero-order valence-electron chi connectivity index (χ0n) is 9.34. The van der Waals surface area contributed by atoms with Crippen LogP contribution in [-0.2, 0) is 6.54 Å². The molecule has 4 nitrogen and oxygen atoms in total. The van der Waals surface area contributed by atoms with Crippen molar-refractivity contribution in [1.29, 1.82) is 0 Å². The Hall–Kier alpha value is -1.66.